The van der Waals surface area contributed by atoms with E-state index in [0.29, 0.717) is 5.69 Å². The van der Waals surface area contributed by atoms with Gasteiger partial charge in [-0.1, -0.05) is 0 Å². The summed E-state index contributed by atoms with van der Waals surface area (Å²) in [6.45, 7) is 0. The van der Waals surface area contributed by atoms with Crippen LogP contribution in [0.5, 0.6) is 0 Å². The van der Waals surface area contributed by atoms with Gasteiger partial charge in [0.2, 0.25) is 9.84 Å². The quantitative estimate of drug-likeness (QED) is 0.799. The van der Waals surface area contributed by atoms with Crippen LogP contribution in [-0.4, -0.2) is 13.4 Å². The van der Waals surface area contributed by atoms with Crippen LogP contribution >= 0.6 is 0 Å². The molecule has 0 fully saturated rings. The lowest BCUT2D eigenvalue weighted by Gasteiger charge is -2.03. The third kappa shape index (κ3) is 1.90. The Morgan fingerprint density at radius 3 is 2.25 bits per heavy atom. The molecule has 0 radical (unpaired) electrons. The van der Waals surface area contributed by atoms with Gasteiger partial charge < -0.3 is 5.73 Å². The van der Waals surface area contributed by atoms with Crippen molar-refractivity contribution in [1.29, 1.82) is 0 Å². The minimum absolute atomic E-state index is 0.180. The van der Waals surface area contributed by atoms with Gasteiger partial charge in [0.1, 0.15) is 0 Å². The van der Waals surface area contributed by atoms with Crippen molar-refractivity contribution >= 4 is 15.5 Å². The fourth-order valence-electron chi connectivity index (χ4n) is 1.29. The van der Waals surface area contributed by atoms with E-state index in [1.165, 1.54) is 30.6 Å². The summed E-state index contributed by atoms with van der Waals surface area (Å²) in [5, 5.41) is 0. The number of hydrogen-bond acceptors (Lipinski definition) is 4. The van der Waals surface area contributed by atoms with Gasteiger partial charge in [-0.15, -0.1) is 0 Å². The summed E-state index contributed by atoms with van der Waals surface area (Å²) in [6, 6.07) is 9.19. The number of nitrogen functional groups attached to an aromatic ring is 1. The molecule has 0 saturated heterocycles. The first-order valence-electron chi connectivity index (χ1n) is 4.61. The fourth-order valence-corrected chi connectivity index (χ4v) is 2.51. The van der Waals surface area contributed by atoms with Crippen LogP contribution in [0.1, 0.15) is 0 Å². The molecule has 4 nitrogen and oxygen atoms in total. The second kappa shape index (κ2) is 3.94. The summed E-state index contributed by atoms with van der Waals surface area (Å²) in [7, 11) is -3.47. The number of anilines is 1. The third-order valence-electron chi connectivity index (χ3n) is 2.14. The first-order valence-corrected chi connectivity index (χ1v) is 6.10. The molecule has 0 aliphatic heterocycles. The van der Waals surface area contributed by atoms with Crippen LogP contribution in [-0.2, 0) is 9.84 Å². The normalized spacial score (nSPS) is 11.2. The molecular weight excluding hydrogens is 224 g/mol. The van der Waals surface area contributed by atoms with E-state index in [4.69, 9.17) is 5.73 Å². The van der Waals surface area contributed by atoms with E-state index in [1.807, 2.05) is 0 Å². The van der Waals surface area contributed by atoms with Crippen LogP contribution in [0, 0.1) is 0 Å². The molecule has 0 bridgehead atoms. The van der Waals surface area contributed by atoms with Crippen molar-refractivity contribution in [2.24, 2.45) is 0 Å². The lowest BCUT2D eigenvalue weighted by Crippen LogP contribution is -2.02. The average Bonchev–Trinajstić information content (AvgIpc) is 2.31. The van der Waals surface area contributed by atoms with Gasteiger partial charge in [0.15, 0.2) is 0 Å². The van der Waals surface area contributed by atoms with E-state index in [1.54, 1.807) is 18.2 Å². The van der Waals surface area contributed by atoms with Crippen LogP contribution in [0.25, 0.3) is 0 Å². The van der Waals surface area contributed by atoms with Crippen molar-refractivity contribution in [3.63, 3.8) is 0 Å². The number of hydrogen-bond donors (Lipinski definition) is 1. The molecule has 0 amide bonds. The SMILES string of the molecule is Nc1ccc(S(=O)(=O)c2cccnc2)cc1. The molecule has 0 aliphatic carbocycles. The number of sulfone groups is 1. The molecule has 2 N–H and O–H groups in total. The van der Waals surface area contributed by atoms with E-state index in [0.717, 1.165) is 0 Å². The van der Waals surface area contributed by atoms with Crippen LogP contribution in [0.2, 0.25) is 0 Å². The molecule has 82 valence electrons. The summed E-state index contributed by atoms with van der Waals surface area (Å²) in [5.41, 5.74) is 6.03. The molecule has 0 unspecified atom stereocenters. The maximum absolute atomic E-state index is 12.1. The Kier molecular flexibility index (Phi) is 2.62. The minimum atomic E-state index is -3.47. The molecular formula is C11H10N2O2S. The van der Waals surface area contributed by atoms with Gasteiger partial charge >= 0.3 is 0 Å². The van der Waals surface area contributed by atoms with E-state index < -0.39 is 9.84 Å². The lowest BCUT2D eigenvalue weighted by atomic mass is 10.3. The standard InChI is InChI=1S/C11H10N2O2S/c12-9-3-5-10(6-4-9)16(14,15)11-2-1-7-13-8-11/h1-8H,12H2. The van der Waals surface area contributed by atoms with Crippen LogP contribution < -0.4 is 5.73 Å². The largest absolute Gasteiger partial charge is 0.399 e. The number of nitrogens with two attached hydrogens (primary N) is 1. The molecule has 5 heteroatoms. The lowest BCUT2D eigenvalue weighted by molar-refractivity contribution is 0.595. The summed E-state index contributed by atoms with van der Waals surface area (Å²) >= 11 is 0. The summed E-state index contributed by atoms with van der Waals surface area (Å²) < 4.78 is 24.1. The van der Waals surface area contributed by atoms with Gasteiger partial charge in [-0.2, -0.15) is 0 Å². The smallest absolute Gasteiger partial charge is 0.208 e. The summed E-state index contributed by atoms with van der Waals surface area (Å²) in [5.74, 6) is 0. The van der Waals surface area contributed by atoms with E-state index in [2.05, 4.69) is 4.98 Å². The van der Waals surface area contributed by atoms with Crippen LogP contribution in [0.15, 0.2) is 58.6 Å². The van der Waals surface area contributed by atoms with Crippen molar-refractivity contribution in [3.8, 4) is 0 Å². The van der Waals surface area contributed by atoms with Gasteiger partial charge in [-0.05, 0) is 36.4 Å². The monoisotopic (exact) mass is 234 g/mol. The van der Waals surface area contributed by atoms with Crippen molar-refractivity contribution < 1.29 is 8.42 Å². The number of pyridine rings is 1. The predicted molar refractivity (Wildman–Crippen MR) is 60.5 cm³/mol. The molecule has 1 heterocycles. The van der Waals surface area contributed by atoms with Gasteiger partial charge in [-0.3, -0.25) is 4.98 Å². The first-order chi connectivity index (χ1) is 7.60. The number of nitrogens with zero attached hydrogens (tertiary/aromatic N) is 1. The third-order valence-corrected chi connectivity index (χ3v) is 3.89. The molecule has 0 aliphatic rings. The Morgan fingerprint density at radius 1 is 1.00 bits per heavy atom. The maximum atomic E-state index is 12.1. The van der Waals surface area contributed by atoms with Crippen LogP contribution in [0.3, 0.4) is 0 Å². The molecule has 2 aromatic rings. The highest BCUT2D eigenvalue weighted by molar-refractivity contribution is 7.91. The van der Waals surface area contributed by atoms with E-state index in [-0.39, 0.29) is 9.79 Å². The first kappa shape index (κ1) is 10.6. The average molecular weight is 234 g/mol. The number of aromatic nitrogens is 1. The Labute approximate surface area is 93.7 Å². The highest BCUT2D eigenvalue weighted by Crippen LogP contribution is 2.20. The Bertz CT molecular complexity index is 577. The zero-order valence-electron chi connectivity index (χ0n) is 8.37. The van der Waals surface area contributed by atoms with Gasteiger partial charge in [0, 0.05) is 18.1 Å². The topological polar surface area (TPSA) is 73.1 Å². The second-order valence-electron chi connectivity index (χ2n) is 3.26. The predicted octanol–water partition coefficient (Wildman–Crippen LogP) is 1.50. The van der Waals surface area contributed by atoms with Crippen molar-refractivity contribution in [3.05, 3.63) is 48.8 Å². The summed E-state index contributed by atoms with van der Waals surface area (Å²) in [4.78, 5) is 4.19. The maximum Gasteiger partial charge on any atom is 0.208 e. The molecule has 2 rings (SSSR count). The zero-order chi connectivity index (χ0) is 11.6. The Balaban J connectivity index is 2.52. The molecule has 0 saturated carbocycles. The molecule has 16 heavy (non-hydrogen) atoms. The Morgan fingerprint density at radius 2 is 1.69 bits per heavy atom. The van der Waals surface area contributed by atoms with Crippen molar-refractivity contribution in [2.75, 3.05) is 5.73 Å². The Hall–Kier alpha value is -1.88. The molecule has 0 atom stereocenters. The van der Waals surface area contributed by atoms with Gasteiger partial charge in [0.25, 0.3) is 0 Å². The van der Waals surface area contributed by atoms with Crippen molar-refractivity contribution in [1.82, 2.24) is 4.98 Å². The molecule has 1 aromatic heterocycles. The highest BCUT2D eigenvalue weighted by atomic mass is 32.2. The number of benzene rings is 1. The second-order valence-corrected chi connectivity index (χ2v) is 5.21. The van der Waals surface area contributed by atoms with Gasteiger partial charge in [-0.25, -0.2) is 8.42 Å². The minimum Gasteiger partial charge on any atom is -0.399 e. The molecule has 0 spiro atoms. The fraction of sp³-hybridized carbons (Fsp3) is 0. The highest BCUT2D eigenvalue weighted by Gasteiger charge is 2.16. The molecule has 1 aromatic carbocycles. The van der Waals surface area contributed by atoms with Crippen LogP contribution in [0.4, 0.5) is 5.69 Å². The summed E-state index contributed by atoms with van der Waals surface area (Å²) in [6.07, 6.45) is 2.85. The van der Waals surface area contributed by atoms with Gasteiger partial charge in [0.05, 0.1) is 9.79 Å². The van der Waals surface area contributed by atoms with E-state index >= 15 is 0 Å². The number of rotatable bonds is 2. The van der Waals surface area contributed by atoms with E-state index in [9.17, 15) is 8.42 Å². The van der Waals surface area contributed by atoms with Crippen molar-refractivity contribution in [2.45, 2.75) is 9.79 Å². The zero-order valence-corrected chi connectivity index (χ0v) is 9.18.